The predicted molar refractivity (Wildman–Crippen MR) is 346 cm³/mol. The van der Waals surface area contributed by atoms with E-state index in [2.05, 4.69) is 224 Å². The monoisotopic (exact) mass is 1880 g/mol. The van der Waals surface area contributed by atoms with Crippen LogP contribution in [0.3, 0.4) is 0 Å². The number of imidazole rings is 4. The summed E-state index contributed by atoms with van der Waals surface area (Å²) in [6.07, 6.45) is 12.9. The summed E-state index contributed by atoms with van der Waals surface area (Å²) in [4.78, 5) is 23.2. The van der Waals surface area contributed by atoms with E-state index in [1.807, 2.05) is 79.3 Å². The van der Waals surface area contributed by atoms with Crippen LogP contribution in [0.4, 0.5) is 0 Å². The normalized spacial score (nSPS) is 11.2. The van der Waals surface area contributed by atoms with Gasteiger partial charge in [-0.2, -0.15) is 0 Å². The first-order valence-electron chi connectivity index (χ1n) is 28.0. The third kappa shape index (κ3) is 11.4. The van der Waals surface area contributed by atoms with E-state index in [1.165, 1.54) is 59.7 Å². The summed E-state index contributed by atoms with van der Waals surface area (Å²) in [5, 5.41) is 15.0. The number of rotatable bonds is 4. The minimum atomic E-state index is 0. The van der Waals surface area contributed by atoms with E-state index in [9.17, 15) is 0 Å². The quantitative estimate of drug-likeness (QED) is 0.0985. The van der Waals surface area contributed by atoms with Crippen molar-refractivity contribution < 1.29 is 85.2 Å². The Balaban J connectivity index is 0.000000128. The van der Waals surface area contributed by atoms with Crippen LogP contribution in [0, 0.1) is 24.3 Å². The van der Waals surface area contributed by atoms with Crippen LogP contribution >= 0.6 is 11.8 Å². The minimum Gasteiger partial charge on any atom is -0.480 e. The van der Waals surface area contributed by atoms with Crippen LogP contribution in [0.2, 0.25) is 0 Å². The molecule has 0 atom stereocenters. The number of benzene rings is 8. The van der Waals surface area contributed by atoms with Crippen LogP contribution in [0.1, 0.15) is 39.0 Å². The first-order chi connectivity index (χ1) is 41.2. The van der Waals surface area contributed by atoms with Gasteiger partial charge in [0, 0.05) is 133 Å². The molecule has 10 nitrogen and oxygen atoms in total. The largest absolute Gasteiger partial charge is 0.480 e. The molecule has 0 saturated heterocycles. The molecule has 15 heteroatoms. The first-order valence-corrected chi connectivity index (χ1v) is 29.2. The number of hydrogen-bond acceptors (Lipinski definition) is 7. The number of pyridine rings is 5. The van der Waals surface area contributed by atoms with Crippen molar-refractivity contribution in [2.75, 3.05) is 13.4 Å². The molecule has 0 spiro atoms. The van der Waals surface area contributed by atoms with Gasteiger partial charge in [-0.25, -0.2) is 4.98 Å². The van der Waals surface area contributed by atoms with Gasteiger partial charge in [-0.1, -0.05) is 128 Å². The molecule has 0 aliphatic rings. The van der Waals surface area contributed by atoms with Crippen molar-refractivity contribution in [2.24, 2.45) is 0 Å². The van der Waals surface area contributed by atoms with Crippen molar-refractivity contribution in [3.8, 4) is 17.3 Å². The number of aromatic nitrogens is 9. The fourth-order valence-electron chi connectivity index (χ4n) is 11.6. The number of methoxy groups -OCH3 is 1. The number of hydrogen-bond donors (Lipinski definition) is 0. The first kappa shape index (κ1) is 63.5. The van der Waals surface area contributed by atoms with E-state index >= 15 is 0 Å². The Morgan fingerprint density at radius 2 is 0.943 bits per heavy atom. The molecule has 0 bridgehead atoms. The predicted octanol–water partition coefficient (Wildman–Crippen LogP) is 17.4. The van der Waals surface area contributed by atoms with Gasteiger partial charge in [0.2, 0.25) is 5.88 Å². The number of nitrogens with zero attached hydrogens (tertiary/aromatic N) is 9. The molecule has 9 heterocycles. The Morgan fingerprint density at radius 3 is 1.48 bits per heavy atom. The third-order valence-electron chi connectivity index (χ3n) is 15.7. The third-order valence-corrected chi connectivity index (χ3v) is 16.3. The molecule has 88 heavy (non-hydrogen) atoms. The van der Waals surface area contributed by atoms with E-state index in [0.717, 1.165) is 83.7 Å². The van der Waals surface area contributed by atoms with Crippen molar-refractivity contribution >= 4 is 121 Å². The molecule has 17 aromatic rings. The number of fused-ring (bicyclic) bond motifs is 24. The van der Waals surface area contributed by atoms with Crippen LogP contribution in [0.15, 0.2) is 218 Å². The molecule has 0 N–H and O–H groups in total. The van der Waals surface area contributed by atoms with Crippen molar-refractivity contribution in [3.05, 3.63) is 248 Å². The zero-order valence-corrected chi connectivity index (χ0v) is 59.0. The zero-order chi connectivity index (χ0) is 57.1. The fourth-order valence-corrected chi connectivity index (χ4v) is 11.9. The van der Waals surface area contributed by atoms with Gasteiger partial charge >= 0.3 is 0 Å². The summed E-state index contributed by atoms with van der Waals surface area (Å²) in [5.74, 6) is 0.620. The van der Waals surface area contributed by atoms with E-state index in [-0.39, 0.29) is 85.8 Å². The van der Waals surface area contributed by atoms with Crippen molar-refractivity contribution in [1.82, 2.24) is 42.5 Å². The molecule has 0 saturated carbocycles. The van der Waals surface area contributed by atoms with Gasteiger partial charge in [-0.3, -0.25) is 19.9 Å². The molecule has 0 fully saturated rings. The number of aryl methyl sites for hydroxylation is 1. The van der Waals surface area contributed by atoms with Gasteiger partial charge in [0.25, 0.3) is 0 Å². The Morgan fingerprint density at radius 1 is 0.477 bits per heavy atom. The maximum absolute atomic E-state index is 5.25. The van der Waals surface area contributed by atoms with E-state index in [0.29, 0.717) is 5.88 Å². The molecule has 9 aromatic heterocycles. The van der Waals surface area contributed by atoms with Crippen molar-refractivity contribution in [2.45, 2.75) is 44.6 Å². The summed E-state index contributed by atoms with van der Waals surface area (Å²) >= 11 is 1.67. The molecule has 17 rings (SSSR count). The second-order valence-electron chi connectivity index (χ2n) is 21.6. The van der Waals surface area contributed by atoms with E-state index < -0.39 is 0 Å². The van der Waals surface area contributed by atoms with Crippen LogP contribution in [0.5, 0.6) is 5.88 Å². The van der Waals surface area contributed by atoms with Crippen LogP contribution in [-0.2, 0) is 92.3 Å². The number of ether oxygens (including phenoxy) is 1. The molecule has 8 aromatic carbocycles. The minimum absolute atomic E-state index is 0. The standard InChI is InChI=1S/C21H21N2.C20H12N3.C16H11N2O.C16H11N2S.4Ir/c1-5-15-13-23-19-9-7-6-8-16(19)18-12-14(21(2,3)4)10-11-17(18)20(23)22-15;1-2-9-16-14(7-1)15-8-3-4-11-18(15)23-19(13-22-20(16)23)17-10-5-6-12-21-17;2*1-19-15-10-18-14-9-5-4-7-12(14)11-6-2-3-8-13(11)16(18)17-15;;;;/h6-10,12-13H,5H2,1-4H3;1-8,10-13H;2*2-7,9-10H,1H3;;;;/q4*-1;;;;. The molecule has 0 amide bonds. The van der Waals surface area contributed by atoms with Crippen molar-refractivity contribution in [1.29, 1.82) is 0 Å². The molecule has 0 aliphatic heterocycles. The van der Waals surface area contributed by atoms with Crippen LogP contribution < -0.4 is 4.74 Å². The maximum Gasteiger partial charge on any atom is 0.221 e. The van der Waals surface area contributed by atoms with Crippen LogP contribution in [0.25, 0.3) is 121 Å². The second-order valence-corrected chi connectivity index (χ2v) is 22.4. The summed E-state index contributed by atoms with van der Waals surface area (Å²) in [5.41, 5.74) is 12.9. The summed E-state index contributed by atoms with van der Waals surface area (Å²) in [6.45, 7) is 8.88. The number of para-hydroxylation sites is 4. The molecular weight excluding hydrogens is 1820 g/mol. The Hall–Kier alpha value is -7.50. The molecule has 444 valence electrons. The molecular formula is C73H55Ir4N9OS-4. The Bertz CT molecular complexity index is 5070. The van der Waals surface area contributed by atoms with Gasteiger partial charge < -0.3 is 22.3 Å². The fraction of sp³-hybridized carbons (Fsp3) is 0.110. The second kappa shape index (κ2) is 26.7. The number of thioether (sulfide) groups is 1. The SMILES string of the molecule is CCc1cn2c3ccccc3c3cc(C(C)(C)C)c[c-]c3c2n1.COc1cn2c3ccccc3c3ccc[c-]c3c2n1.CSc1cn2c3ccccc3c3ccc[c-]c3c2n1.[Ir].[Ir].[Ir].[Ir].[c-]1cccc2c1c1ncc(-c3ccccn3)n1c1ccccc21. The average Bonchev–Trinajstić information content (AvgIpc) is 2.22. The average molecular weight is 1880 g/mol. The topological polar surface area (TPSA) is 91.3 Å². The Kier molecular flexibility index (Phi) is 19.3. The van der Waals surface area contributed by atoms with Gasteiger partial charge in [-0.15, -0.1) is 130 Å². The van der Waals surface area contributed by atoms with E-state index in [1.54, 1.807) is 18.9 Å². The van der Waals surface area contributed by atoms with Gasteiger partial charge in [0.15, 0.2) is 0 Å². The van der Waals surface area contributed by atoms with Gasteiger partial charge in [0.05, 0.1) is 47.3 Å². The molecule has 0 unspecified atom stereocenters. The summed E-state index contributed by atoms with van der Waals surface area (Å²) < 4.78 is 13.9. The Labute approximate surface area is 567 Å². The zero-order valence-electron chi connectivity index (χ0n) is 48.6. The summed E-state index contributed by atoms with van der Waals surface area (Å²) in [7, 11) is 1.63. The maximum atomic E-state index is 5.25. The van der Waals surface area contributed by atoms with E-state index in [4.69, 9.17) is 14.7 Å². The molecule has 4 radical (unpaired) electrons. The van der Waals surface area contributed by atoms with Crippen molar-refractivity contribution in [3.63, 3.8) is 0 Å². The smallest absolute Gasteiger partial charge is 0.221 e. The van der Waals surface area contributed by atoms with Gasteiger partial charge in [-0.05, 0) is 76.0 Å². The summed E-state index contributed by atoms with van der Waals surface area (Å²) in [6, 6.07) is 75.8. The molecule has 0 aliphatic carbocycles. The van der Waals surface area contributed by atoms with Gasteiger partial charge in [0.1, 0.15) is 5.03 Å². The van der Waals surface area contributed by atoms with Crippen LogP contribution in [-0.4, -0.2) is 55.9 Å².